The van der Waals surface area contributed by atoms with E-state index in [1.165, 1.54) is 4.31 Å². The molecule has 0 amide bonds. The van der Waals surface area contributed by atoms with Crippen molar-refractivity contribution in [2.75, 3.05) is 26.3 Å². The van der Waals surface area contributed by atoms with Gasteiger partial charge >= 0.3 is 0 Å². The first-order valence-electron chi connectivity index (χ1n) is 8.30. The third-order valence-electron chi connectivity index (χ3n) is 4.81. The largest absolute Gasteiger partial charge is 0.379 e. The van der Waals surface area contributed by atoms with Crippen LogP contribution in [0.2, 0.25) is 0 Å². The molecule has 2 N–H and O–H groups in total. The number of nitrogens with two attached hydrogens (primary N) is 1. The molecule has 1 saturated heterocycles. The van der Waals surface area contributed by atoms with E-state index in [-0.39, 0.29) is 10.8 Å². The van der Waals surface area contributed by atoms with E-state index in [1.807, 2.05) is 0 Å². The van der Waals surface area contributed by atoms with Gasteiger partial charge in [0.1, 0.15) is 0 Å². The summed E-state index contributed by atoms with van der Waals surface area (Å²) in [4.78, 5) is 4.58. The summed E-state index contributed by atoms with van der Waals surface area (Å²) in [5, 5.41) is 3.98. The van der Waals surface area contributed by atoms with Crippen LogP contribution < -0.4 is 5.73 Å². The maximum Gasteiger partial charge on any atom is 0.258 e. The second-order valence-corrected chi connectivity index (χ2v) is 8.42. The van der Waals surface area contributed by atoms with E-state index in [0.717, 1.165) is 19.3 Å². The number of morpholine rings is 1. The van der Waals surface area contributed by atoms with Crippen LogP contribution >= 0.6 is 0 Å². The monoisotopic (exact) mass is 364 g/mol. The zero-order valence-corrected chi connectivity index (χ0v) is 14.5. The molecule has 0 bridgehead atoms. The average Bonchev–Trinajstić information content (AvgIpc) is 3.11. The van der Waals surface area contributed by atoms with Gasteiger partial charge in [-0.15, -0.1) is 0 Å². The minimum absolute atomic E-state index is 0.206. The Morgan fingerprint density at radius 3 is 2.64 bits per heavy atom. The first-order valence-corrected chi connectivity index (χ1v) is 9.74. The molecule has 134 valence electrons. The highest BCUT2D eigenvalue weighted by atomic mass is 32.2. The first kappa shape index (κ1) is 16.6. The van der Waals surface area contributed by atoms with Crippen LogP contribution in [0, 0.1) is 0 Å². The van der Waals surface area contributed by atoms with E-state index in [9.17, 15) is 8.42 Å². The van der Waals surface area contributed by atoms with Gasteiger partial charge in [-0.25, -0.2) is 8.42 Å². The van der Waals surface area contributed by atoms with E-state index in [1.54, 1.807) is 24.3 Å². The maximum absolute atomic E-state index is 12.8. The molecule has 2 aliphatic rings. The summed E-state index contributed by atoms with van der Waals surface area (Å²) >= 11 is 0. The molecule has 25 heavy (non-hydrogen) atoms. The Bertz CT molecular complexity index is 870. The Hall–Kier alpha value is -1.81. The molecule has 9 heteroatoms. The van der Waals surface area contributed by atoms with Crippen LogP contribution in [0.1, 0.15) is 25.1 Å². The van der Waals surface area contributed by atoms with Crippen molar-refractivity contribution in [3.05, 3.63) is 30.1 Å². The highest BCUT2D eigenvalue weighted by molar-refractivity contribution is 7.89. The Labute approximate surface area is 146 Å². The highest BCUT2D eigenvalue weighted by Crippen LogP contribution is 2.37. The van der Waals surface area contributed by atoms with Gasteiger partial charge in [-0.2, -0.15) is 9.29 Å². The van der Waals surface area contributed by atoms with Crippen LogP contribution in [0.5, 0.6) is 0 Å². The topological polar surface area (TPSA) is 112 Å². The van der Waals surface area contributed by atoms with Crippen molar-refractivity contribution in [1.82, 2.24) is 14.4 Å². The standard InChI is InChI=1S/C16H20N4O4S/c17-16(5-2-6-16)15-18-14(24-19-15)12-3-1-4-13(11-12)25(21,22)20-7-9-23-10-8-20/h1,3-4,11H,2,5-10,17H2. The molecular formula is C16H20N4O4S. The Morgan fingerprint density at radius 1 is 1.20 bits per heavy atom. The van der Waals surface area contributed by atoms with Gasteiger partial charge in [0.25, 0.3) is 5.89 Å². The van der Waals surface area contributed by atoms with Crippen molar-refractivity contribution >= 4 is 10.0 Å². The number of nitrogens with zero attached hydrogens (tertiary/aromatic N) is 3. The lowest BCUT2D eigenvalue weighted by atomic mass is 9.77. The number of benzene rings is 1. The van der Waals surface area contributed by atoms with Crippen molar-refractivity contribution in [2.45, 2.75) is 29.7 Å². The summed E-state index contributed by atoms with van der Waals surface area (Å²) in [6.45, 7) is 1.52. The van der Waals surface area contributed by atoms with Crippen molar-refractivity contribution < 1.29 is 17.7 Å². The van der Waals surface area contributed by atoms with E-state index < -0.39 is 15.6 Å². The average molecular weight is 364 g/mol. The number of hydrogen-bond acceptors (Lipinski definition) is 7. The molecule has 2 fully saturated rings. The number of hydrogen-bond donors (Lipinski definition) is 1. The normalized spacial score (nSPS) is 21.0. The molecule has 8 nitrogen and oxygen atoms in total. The molecule has 1 saturated carbocycles. The fourth-order valence-corrected chi connectivity index (χ4v) is 4.50. The quantitative estimate of drug-likeness (QED) is 0.864. The van der Waals surface area contributed by atoms with Crippen LogP contribution in [0.3, 0.4) is 0 Å². The zero-order chi connectivity index (χ0) is 17.5. The summed E-state index contributed by atoms with van der Waals surface area (Å²) in [6, 6.07) is 6.56. The third kappa shape index (κ3) is 2.97. The van der Waals surface area contributed by atoms with Gasteiger partial charge < -0.3 is 15.0 Å². The predicted octanol–water partition coefficient (Wildman–Crippen LogP) is 1.10. The smallest absolute Gasteiger partial charge is 0.258 e. The number of sulfonamides is 1. The SMILES string of the molecule is NC1(c2noc(-c3cccc(S(=O)(=O)N4CCOCC4)c3)n2)CCC1. The van der Waals surface area contributed by atoms with E-state index in [2.05, 4.69) is 10.1 Å². The molecule has 2 heterocycles. The summed E-state index contributed by atoms with van der Waals surface area (Å²) in [7, 11) is -3.57. The minimum atomic E-state index is -3.57. The lowest BCUT2D eigenvalue weighted by Crippen LogP contribution is -2.44. The van der Waals surface area contributed by atoms with E-state index in [0.29, 0.717) is 37.7 Å². The van der Waals surface area contributed by atoms with Crippen molar-refractivity contribution in [3.63, 3.8) is 0 Å². The minimum Gasteiger partial charge on any atom is -0.379 e. The fraction of sp³-hybridized carbons (Fsp3) is 0.500. The van der Waals surface area contributed by atoms with Crippen LogP contribution in [-0.4, -0.2) is 49.2 Å². The van der Waals surface area contributed by atoms with Gasteiger partial charge in [-0.05, 0) is 37.5 Å². The second-order valence-electron chi connectivity index (χ2n) is 6.48. The lowest BCUT2D eigenvalue weighted by Gasteiger charge is -2.34. The van der Waals surface area contributed by atoms with Gasteiger partial charge in [0.05, 0.1) is 23.6 Å². The molecule has 2 aromatic rings. The fourth-order valence-electron chi connectivity index (χ4n) is 3.05. The number of rotatable bonds is 4. The van der Waals surface area contributed by atoms with Crippen molar-refractivity contribution in [1.29, 1.82) is 0 Å². The molecule has 0 unspecified atom stereocenters. The van der Waals surface area contributed by atoms with Gasteiger partial charge in [0.2, 0.25) is 10.0 Å². The predicted molar refractivity (Wildman–Crippen MR) is 89.0 cm³/mol. The Balaban J connectivity index is 1.63. The number of ether oxygens (including phenoxy) is 1. The van der Waals surface area contributed by atoms with Crippen LogP contribution in [0.4, 0.5) is 0 Å². The first-order chi connectivity index (χ1) is 12.0. The molecule has 1 aromatic carbocycles. The Kier molecular flexibility index (Phi) is 4.11. The van der Waals surface area contributed by atoms with Gasteiger partial charge in [0.15, 0.2) is 5.82 Å². The Morgan fingerprint density at radius 2 is 1.96 bits per heavy atom. The highest BCUT2D eigenvalue weighted by Gasteiger charge is 2.39. The summed E-state index contributed by atoms with van der Waals surface area (Å²) in [5.74, 6) is 0.765. The van der Waals surface area contributed by atoms with Gasteiger partial charge in [0, 0.05) is 18.7 Å². The second kappa shape index (κ2) is 6.17. The molecule has 0 radical (unpaired) electrons. The van der Waals surface area contributed by atoms with Crippen LogP contribution in [0.25, 0.3) is 11.5 Å². The molecule has 1 aromatic heterocycles. The molecular weight excluding hydrogens is 344 g/mol. The van der Waals surface area contributed by atoms with E-state index >= 15 is 0 Å². The van der Waals surface area contributed by atoms with Crippen LogP contribution in [0.15, 0.2) is 33.7 Å². The molecule has 1 aliphatic heterocycles. The molecule has 4 rings (SSSR count). The lowest BCUT2D eigenvalue weighted by molar-refractivity contribution is 0.0730. The summed E-state index contributed by atoms with van der Waals surface area (Å²) in [6.07, 6.45) is 2.71. The zero-order valence-electron chi connectivity index (χ0n) is 13.7. The summed E-state index contributed by atoms with van der Waals surface area (Å²) in [5.41, 5.74) is 6.26. The number of aromatic nitrogens is 2. The van der Waals surface area contributed by atoms with Crippen LogP contribution in [-0.2, 0) is 20.3 Å². The summed E-state index contributed by atoms with van der Waals surface area (Å²) < 4.78 is 37.5. The maximum atomic E-state index is 12.8. The van der Waals surface area contributed by atoms with Crippen molar-refractivity contribution in [2.24, 2.45) is 5.73 Å². The molecule has 0 spiro atoms. The third-order valence-corrected chi connectivity index (χ3v) is 6.70. The van der Waals surface area contributed by atoms with Crippen molar-refractivity contribution in [3.8, 4) is 11.5 Å². The van der Waals surface area contributed by atoms with Gasteiger partial charge in [-0.1, -0.05) is 11.2 Å². The molecule has 1 aliphatic carbocycles. The van der Waals surface area contributed by atoms with Gasteiger partial charge in [-0.3, -0.25) is 0 Å². The van der Waals surface area contributed by atoms with E-state index in [4.69, 9.17) is 15.0 Å². The molecule has 0 atom stereocenters.